The highest BCUT2D eigenvalue weighted by Crippen LogP contribution is 2.25. The number of carbonyl (C=O) groups excluding carboxylic acids is 1. The number of anilines is 1. The number of thiocarbonyl (C=S) groups is 1. The minimum atomic E-state index is -0.405. The molecule has 2 aromatic carbocycles. The lowest BCUT2D eigenvalue weighted by Crippen LogP contribution is -2.30. The standard InChI is InChI=1S/C18H14BrFN2OS/c1-2-11-4-3-5-14(8-11)22-17(23)16(21-18(22)24)10-12-9-13(19)6-7-15(12)20/h3-10H,2H2,1H3,(H,21,24)/b16-10+. The highest BCUT2D eigenvalue weighted by atomic mass is 79.9. The zero-order chi connectivity index (χ0) is 17.3. The lowest BCUT2D eigenvalue weighted by atomic mass is 10.1. The third-order valence-corrected chi connectivity index (χ3v) is 4.49. The molecule has 1 amide bonds. The van der Waals surface area contributed by atoms with Gasteiger partial charge in [0.2, 0.25) is 0 Å². The molecule has 24 heavy (non-hydrogen) atoms. The molecule has 0 bridgehead atoms. The molecule has 0 radical (unpaired) electrons. The molecule has 0 aliphatic carbocycles. The Kier molecular flexibility index (Phi) is 4.78. The van der Waals surface area contributed by atoms with E-state index in [0.29, 0.717) is 11.3 Å². The van der Waals surface area contributed by atoms with Crippen LogP contribution in [-0.4, -0.2) is 11.0 Å². The first-order valence-electron chi connectivity index (χ1n) is 7.40. The number of hydrogen-bond acceptors (Lipinski definition) is 2. The number of nitrogens with one attached hydrogen (secondary N) is 1. The summed E-state index contributed by atoms with van der Waals surface area (Å²) in [5.74, 6) is -0.703. The Balaban J connectivity index is 1.97. The Labute approximate surface area is 153 Å². The molecule has 0 spiro atoms. The van der Waals surface area contributed by atoms with Crippen LogP contribution in [0, 0.1) is 5.82 Å². The highest BCUT2D eigenvalue weighted by molar-refractivity contribution is 9.10. The number of hydrogen-bond donors (Lipinski definition) is 1. The van der Waals surface area contributed by atoms with E-state index in [9.17, 15) is 9.18 Å². The molecule has 1 saturated heterocycles. The van der Waals surface area contributed by atoms with Crippen LogP contribution in [0.3, 0.4) is 0 Å². The van der Waals surface area contributed by atoms with Gasteiger partial charge >= 0.3 is 0 Å². The number of aryl methyl sites for hydroxylation is 1. The lowest BCUT2D eigenvalue weighted by molar-refractivity contribution is -0.113. The predicted molar refractivity (Wildman–Crippen MR) is 101 cm³/mol. The molecule has 1 fully saturated rings. The van der Waals surface area contributed by atoms with E-state index in [-0.39, 0.29) is 16.7 Å². The van der Waals surface area contributed by atoms with Crippen molar-refractivity contribution in [3.63, 3.8) is 0 Å². The number of amides is 1. The van der Waals surface area contributed by atoms with E-state index in [1.54, 1.807) is 12.1 Å². The van der Waals surface area contributed by atoms with E-state index in [2.05, 4.69) is 21.2 Å². The van der Waals surface area contributed by atoms with Gasteiger partial charge in [-0.05, 0) is 60.6 Å². The van der Waals surface area contributed by atoms with Crippen molar-refractivity contribution < 1.29 is 9.18 Å². The summed E-state index contributed by atoms with van der Waals surface area (Å²) in [7, 11) is 0. The van der Waals surface area contributed by atoms with Gasteiger partial charge in [0, 0.05) is 10.0 Å². The summed E-state index contributed by atoms with van der Waals surface area (Å²) >= 11 is 8.58. The average molecular weight is 405 g/mol. The maximum atomic E-state index is 13.9. The molecule has 0 atom stereocenters. The van der Waals surface area contributed by atoms with Gasteiger partial charge in [-0.2, -0.15) is 0 Å². The van der Waals surface area contributed by atoms with Crippen LogP contribution in [0.5, 0.6) is 0 Å². The molecule has 3 nitrogen and oxygen atoms in total. The molecule has 1 N–H and O–H groups in total. The quantitative estimate of drug-likeness (QED) is 0.607. The van der Waals surface area contributed by atoms with Crippen LogP contribution in [0.1, 0.15) is 18.1 Å². The third kappa shape index (κ3) is 3.25. The van der Waals surface area contributed by atoms with E-state index in [1.165, 1.54) is 17.0 Å². The fourth-order valence-electron chi connectivity index (χ4n) is 2.47. The van der Waals surface area contributed by atoms with Gasteiger partial charge in [-0.1, -0.05) is 35.0 Å². The summed E-state index contributed by atoms with van der Waals surface area (Å²) in [5.41, 5.74) is 2.37. The molecule has 0 unspecified atom stereocenters. The van der Waals surface area contributed by atoms with Crippen LogP contribution in [0.25, 0.3) is 6.08 Å². The predicted octanol–water partition coefficient (Wildman–Crippen LogP) is 4.41. The average Bonchev–Trinajstić information content (AvgIpc) is 2.85. The molecule has 2 aromatic rings. The van der Waals surface area contributed by atoms with Crippen LogP contribution in [0.2, 0.25) is 0 Å². The monoisotopic (exact) mass is 404 g/mol. The fourth-order valence-corrected chi connectivity index (χ4v) is 3.14. The first-order chi connectivity index (χ1) is 11.5. The van der Waals surface area contributed by atoms with Crippen molar-refractivity contribution in [1.29, 1.82) is 0 Å². The zero-order valence-corrected chi connectivity index (χ0v) is 15.2. The van der Waals surface area contributed by atoms with Crippen molar-refractivity contribution in [1.82, 2.24) is 5.32 Å². The summed E-state index contributed by atoms with van der Waals surface area (Å²) in [5, 5.41) is 3.16. The maximum Gasteiger partial charge on any atom is 0.281 e. The number of nitrogens with zero attached hydrogens (tertiary/aromatic N) is 1. The normalized spacial score (nSPS) is 16.0. The van der Waals surface area contributed by atoms with Crippen molar-refractivity contribution in [2.24, 2.45) is 0 Å². The van der Waals surface area contributed by atoms with Crippen LogP contribution in [-0.2, 0) is 11.2 Å². The van der Waals surface area contributed by atoms with E-state index in [0.717, 1.165) is 16.5 Å². The van der Waals surface area contributed by atoms with E-state index < -0.39 is 5.82 Å². The molecular weight excluding hydrogens is 391 g/mol. The molecule has 3 rings (SSSR count). The number of benzene rings is 2. The smallest absolute Gasteiger partial charge is 0.281 e. The minimum Gasteiger partial charge on any atom is -0.327 e. The molecule has 122 valence electrons. The molecule has 1 aliphatic heterocycles. The minimum absolute atomic E-state index is 0.249. The lowest BCUT2D eigenvalue weighted by Gasteiger charge is -2.14. The van der Waals surface area contributed by atoms with E-state index in [1.807, 2.05) is 31.2 Å². The first kappa shape index (κ1) is 16.8. The Morgan fingerprint density at radius 2 is 2.08 bits per heavy atom. The SMILES string of the molecule is CCc1cccc(N2C(=O)/C(=C\c3cc(Br)ccc3F)NC2=S)c1. The topological polar surface area (TPSA) is 32.3 Å². The number of carbonyl (C=O) groups is 1. The van der Waals surface area contributed by atoms with Crippen molar-refractivity contribution in [2.75, 3.05) is 4.90 Å². The summed E-state index contributed by atoms with van der Waals surface area (Å²) in [4.78, 5) is 14.1. The van der Waals surface area contributed by atoms with Crippen LogP contribution in [0.15, 0.2) is 52.6 Å². The van der Waals surface area contributed by atoms with Gasteiger partial charge < -0.3 is 5.32 Å². The zero-order valence-electron chi connectivity index (χ0n) is 12.8. The van der Waals surface area contributed by atoms with Gasteiger partial charge in [0.15, 0.2) is 5.11 Å². The molecular formula is C18H14BrFN2OS. The summed E-state index contributed by atoms with van der Waals surface area (Å²) < 4.78 is 14.6. The molecule has 1 heterocycles. The molecule has 6 heteroatoms. The van der Waals surface area contributed by atoms with E-state index >= 15 is 0 Å². The van der Waals surface area contributed by atoms with Crippen molar-refractivity contribution in [3.8, 4) is 0 Å². The Morgan fingerprint density at radius 3 is 2.83 bits per heavy atom. The molecule has 0 aromatic heterocycles. The highest BCUT2D eigenvalue weighted by Gasteiger charge is 2.32. The van der Waals surface area contributed by atoms with Crippen LogP contribution in [0.4, 0.5) is 10.1 Å². The van der Waals surface area contributed by atoms with Crippen molar-refractivity contribution >= 4 is 50.9 Å². The fraction of sp³-hybridized carbons (Fsp3) is 0.111. The summed E-state index contributed by atoms with van der Waals surface area (Å²) in [6.45, 7) is 2.04. The second kappa shape index (κ2) is 6.83. The largest absolute Gasteiger partial charge is 0.327 e. The Morgan fingerprint density at radius 1 is 1.29 bits per heavy atom. The van der Waals surface area contributed by atoms with Gasteiger partial charge in [0.05, 0.1) is 5.69 Å². The second-order valence-corrected chi connectivity index (χ2v) is 6.62. The third-order valence-electron chi connectivity index (χ3n) is 3.71. The van der Waals surface area contributed by atoms with E-state index in [4.69, 9.17) is 12.2 Å². The van der Waals surface area contributed by atoms with Gasteiger partial charge in [0.25, 0.3) is 5.91 Å². The van der Waals surface area contributed by atoms with Gasteiger partial charge in [-0.25, -0.2) is 4.39 Å². The van der Waals surface area contributed by atoms with Crippen LogP contribution < -0.4 is 10.2 Å². The molecule has 1 aliphatic rings. The number of halogens is 2. The van der Waals surface area contributed by atoms with Gasteiger partial charge in [-0.3, -0.25) is 9.69 Å². The maximum absolute atomic E-state index is 13.9. The van der Waals surface area contributed by atoms with Crippen LogP contribution >= 0.6 is 28.1 Å². The Bertz CT molecular complexity index is 866. The van der Waals surface area contributed by atoms with Gasteiger partial charge in [-0.15, -0.1) is 0 Å². The number of rotatable bonds is 3. The second-order valence-electron chi connectivity index (χ2n) is 5.32. The van der Waals surface area contributed by atoms with Crippen molar-refractivity contribution in [3.05, 3.63) is 69.6 Å². The first-order valence-corrected chi connectivity index (χ1v) is 8.61. The van der Waals surface area contributed by atoms with Gasteiger partial charge in [0.1, 0.15) is 11.5 Å². The summed E-state index contributed by atoms with van der Waals surface area (Å²) in [6.07, 6.45) is 2.33. The molecule has 0 saturated carbocycles. The Hall–Kier alpha value is -2.05. The van der Waals surface area contributed by atoms with Crippen molar-refractivity contribution in [2.45, 2.75) is 13.3 Å². The summed E-state index contributed by atoms with van der Waals surface area (Å²) in [6, 6.07) is 12.2.